The second-order valence-corrected chi connectivity index (χ2v) is 9.15. The molecule has 2 aliphatic rings. The minimum atomic E-state index is -0.843. The number of anilines is 2. The molecule has 0 radical (unpaired) electrons. The molecule has 9 heteroatoms. The van der Waals surface area contributed by atoms with Gasteiger partial charge in [-0.25, -0.2) is 4.98 Å². The third kappa shape index (κ3) is 5.14. The van der Waals surface area contributed by atoms with Gasteiger partial charge in [0.15, 0.2) is 0 Å². The zero-order chi connectivity index (χ0) is 21.0. The second-order valence-electron chi connectivity index (χ2n) is 8.09. The van der Waals surface area contributed by atoms with Gasteiger partial charge in [0.1, 0.15) is 16.9 Å². The van der Waals surface area contributed by atoms with Crippen molar-refractivity contribution in [1.82, 2.24) is 20.1 Å². The Hall–Kier alpha value is -2.10. The van der Waals surface area contributed by atoms with Gasteiger partial charge in [0.05, 0.1) is 30.9 Å². The molecule has 162 valence electrons. The molecule has 2 fully saturated rings. The summed E-state index contributed by atoms with van der Waals surface area (Å²) >= 11 is 1.51. The van der Waals surface area contributed by atoms with Crippen molar-refractivity contribution in [2.45, 2.75) is 63.6 Å². The van der Waals surface area contributed by atoms with Crippen LogP contribution >= 0.6 is 11.3 Å². The molecule has 1 aliphatic heterocycles. The third-order valence-corrected chi connectivity index (χ3v) is 6.77. The van der Waals surface area contributed by atoms with Gasteiger partial charge in [0.2, 0.25) is 11.0 Å². The molecule has 0 spiro atoms. The highest BCUT2D eigenvalue weighted by Gasteiger charge is 2.35. The molecule has 1 aliphatic carbocycles. The molecular formula is C21H29N5O3S. The van der Waals surface area contributed by atoms with Crippen LogP contribution in [0.1, 0.15) is 62.3 Å². The second kappa shape index (κ2) is 9.36. The lowest BCUT2D eigenvalue weighted by molar-refractivity contribution is -0.145. The first-order valence-electron chi connectivity index (χ1n) is 10.7. The predicted octanol–water partition coefficient (Wildman–Crippen LogP) is 3.22. The third-order valence-electron chi connectivity index (χ3n) is 5.79. The Morgan fingerprint density at radius 2 is 2.17 bits per heavy atom. The van der Waals surface area contributed by atoms with Gasteiger partial charge >= 0.3 is 0 Å². The van der Waals surface area contributed by atoms with E-state index in [-0.39, 0.29) is 18.4 Å². The van der Waals surface area contributed by atoms with Crippen molar-refractivity contribution in [2.75, 3.05) is 25.0 Å². The number of morpholine rings is 1. The summed E-state index contributed by atoms with van der Waals surface area (Å²) in [6.07, 6.45) is 5.32. The number of rotatable bonds is 6. The number of nitrogens with zero attached hydrogens (tertiary/aromatic N) is 4. The highest BCUT2D eigenvalue weighted by atomic mass is 32.1. The van der Waals surface area contributed by atoms with Gasteiger partial charge in [-0.05, 0) is 31.4 Å². The monoisotopic (exact) mass is 431 g/mol. The maximum Gasteiger partial charge on any atom is 0.225 e. The summed E-state index contributed by atoms with van der Waals surface area (Å²) < 4.78 is 5.91. The minimum absolute atomic E-state index is 0.00272. The van der Waals surface area contributed by atoms with Crippen LogP contribution < -0.4 is 5.32 Å². The van der Waals surface area contributed by atoms with Crippen LogP contribution in [-0.4, -0.2) is 56.4 Å². The number of nitrogens with one attached hydrogen (secondary N) is 1. The number of aromatic nitrogens is 3. The molecular weight excluding hydrogens is 402 g/mol. The molecule has 0 unspecified atom stereocenters. The normalized spacial score (nSPS) is 21.4. The lowest BCUT2D eigenvalue weighted by Gasteiger charge is -2.37. The zero-order valence-corrected chi connectivity index (χ0v) is 18.2. The van der Waals surface area contributed by atoms with Crippen molar-refractivity contribution in [3.63, 3.8) is 0 Å². The van der Waals surface area contributed by atoms with E-state index in [2.05, 4.69) is 20.5 Å². The summed E-state index contributed by atoms with van der Waals surface area (Å²) in [5, 5.41) is 23.9. The van der Waals surface area contributed by atoms with Crippen LogP contribution in [0.4, 0.5) is 10.9 Å². The zero-order valence-electron chi connectivity index (χ0n) is 17.3. The first-order chi connectivity index (χ1) is 14.5. The average Bonchev–Trinajstić information content (AvgIpc) is 3.22. The molecule has 1 amide bonds. The largest absolute Gasteiger partial charge is 0.389 e. The molecule has 1 atom stereocenters. The number of ether oxygens (including phenoxy) is 1. The number of hydrogen-bond acceptors (Lipinski definition) is 8. The predicted molar refractivity (Wildman–Crippen MR) is 115 cm³/mol. The molecule has 3 heterocycles. The summed E-state index contributed by atoms with van der Waals surface area (Å²) in [7, 11) is 0. The van der Waals surface area contributed by atoms with Gasteiger partial charge in [-0.3, -0.25) is 4.79 Å². The van der Waals surface area contributed by atoms with Crippen LogP contribution in [-0.2, 0) is 16.0 Å². The van der Waals surface area contributed by atoms with Crippen LogP contribution in [0, 0.1) is 0 Å². The maximum atomic E-state index is 12.9. The van der Waals surface area contributed by atoms with Crippen LogP contribution in [0.2, 0.25) is 0 Å². The molecule has 0 aromatic carbocycles. The van der Waals surface area contributed by atoms with Crippen molar-refractivity contribution in [2.24, 2.45) is 0 Å². The van der Waals surface area contributed by atoms with Crippen LogP contribution in [0.25, 0.3) is 0 Å². The molecule has 2 aromatic rings. The maximum absolute atomic E-state index is 12.9. The standard InChI is InChI=1S/C21H29N5O3S/c1-2-18-24-25-20(30-18)23-17-8-6-7-15(22-17)16-14-26(11-12-29-16)19(27)13-21(28)9-4-3-5-10-21/h6-8,16,28H,2-5,9-14H2,1H3,(H,22,23,25)/t16-/m1/s1. The van der Waals surface area contributed by atoms with Gasteiger partial charge in [-0.1, -0.05) is 43.6 Å². The lowest BCUT2D eigenvalue weighted by atomic mass is 9.82. The van der Waals surface area contributed by atoms with E-state index in [1.807, 2.05) is 25.1 Å². The van der Waals surface area contributed by atoms with E-state index in [9.17, 15) is 9.90 Å². The van der Waals surface area contributed by atoms with E-state index in [1.54, 1.807) is 4.90 Å². The first kappa shape index (κ1) is 21.1. The fourth-order valence-electron chi connectivity index (χ4n) is 4.09. The summed E-state index contributed by atoms with van der Waals surface area (Å²) in [5.74, 6) is 0.679. The molecule has 30 heavy (non-hydrogen) atoms. The quantitative estimate of drug-likeness (QED) is 0.724. The summed E-state index contributed by atoms with van der Waals surface area (Å²) in [4.78, 5) is 19.3. The van der Waals surface area contributed by atoms with E-state index < -0.39 is 5.60 Å². The summed E-state index contributed by atoms with van der Waals surface area (Å²) in [5.41, 5.74) is -0.0706. The van der Waals surface area contributed by atoms with E-state index in [1.165, 1.54) is 11.3 Å². The number of aryl methyl sites for hydroxylation is 1. The number of aliphatic hydroxyl groups is 1. The highest BCUT2D eigenvalue weighted by molar-refractivity contribution is 7.15. The fraction of sp³-hybridized carbons (Fsp3) is 0.619. The van der Waals surface area contributed by atoms with E-state index >= 15 is 0 Å². The molecule has 1 saturated heterocycles. The molecule has 1 saturated carbocycles. The van der Waals surface area contributed by atoms with Crippen molar-refractivity contribution in [1.29, 1.82) is 0 Å². The van der Waals surface area contributed by atoms with Gasteiger partial charge < -0.3 is 20.1 Å². The van der Waals surface area contributed by atoms with Gasteiger partial charge in [0, 0.05) is 6.54 Å². The van der Waals surface area contributed by atoms with Gasteiger partial charge in [-0.2, -0.15) is 0 Å². The minimum Gasteiger partial charge on any atom is -0.389 e. The average molecular weight is 432 g/mol. The molecule has 2 N–H and O–H groups in total. The molecule has 4 rings (SSSR count). The van der Waals surface area contributed by atoms with E-state index in [0.29, 0.717) is 43.5 Å². The number of carbonyl (C=O) groups is 1. The SMILES string of the molecule is CCc1nnc(Nc2cccc([C@H]3CN(C(=O)CC4(O)CCCCC4)CCO3)n2)s1. The number of pyridine rings is 1. The summed E-state index contributed by atoms with van der Waals surface area (Å²) in [6.45, 7) is 3.51. The van der Waals surface area contributed by atoms with E-state index in [4.69, 9.17) is 4.74 Å². The number of amides is 1. The van der Waals surface area contributed by atoms with Crippen molar-refractivity contribution in [3.05, 3.63) is 28.9 Å². The number of hydrogen-bond donors (Lipinski definition) is 2. The smallest absolute Gasteiger partial charge is 0.225 e. The fourth-order valence-corrected chi connectivity index (χ4v) is 4.78. The van der Waals surface area contributed by atoms with Crippen LogP contribution in [0.3, 0.4) is 0 Å². The Morgan fingerprint density at radius 3 is 2.93 bits per heavy atom. The Kier molecular flexibility index (Phi) is 6.60. The molecule has 8 nitrogen and oxygen atoms in total. The van der Waals surface area contributed by atoms with E-state index in [0.717, 1.165) is 36.4 Å². The Labute approximate surface area is 180 Å². The van der Waals surface area contributed by atoms with Crippen molar-refractivity contribution in [3.8, 4) is 0 Å². The van der Waals surface area contributed by atoms with Crippen LogP contribution in [0.15, 0.2) is 18.2 Å². The van der Waals surface area contributed by atoms with Gasteiger partial charge in [0.25, 0.3) is 0 Å². The van der Waals surface area contributed by atoms with Gasteiger partial charge in [-0.15, -0.1) is 10.2 Å². The topological polar surface area (TPSA) is 100 Å². The Morgan fingerprint density at radius 1 is 1.33 bits per heavy atom. The lowest BCUT2D eigenvalue weighted by Crippen LogP contribution is -2.46. The molecule has 0 bridgehead atoms. The van der Waals surface area contributed by atoms with Crippen molar-refractivity contribution >= 4 is 28.2 Å². The summed E-state index contributed by atoms with van der Waals surface area (Å²) in [6, 6.07) is 5.71. The van der Waals surface area contributed by atoms with Crippen molar-refractivity contribution < 1.29 is 14.6 Å². The molecule has 2 aromatic heterocycles. The van der Waals surface area contributed by atoms with Crippen LogP contribution in [0.5, 0.6) is 0 Å². The number of carbonyl (C=O) groups excluding carboxylic acids is 1. The Bertz CT molecular complexity index is 868. The first-order valence-corrected chi connectivity index (χ1v) is 11.5. The Balaban J connectivity index is 1.39. The highest BCUT2D eigenvalue weighted by Crippen LogP contribution is 2.32.